The summed E-state index contributed by atoms with van der Waals surface area (Å²) in [5, 5.41) is 2.89. The summed E-state index contributed by atoms with van der Waals surface area (Å²) in [7, 11) is 4.53. The van der Waals surface area contributed by atoms with Crippen molar-refractivity contribution in [3.8, 4) is 0 Å². The molecule has 1 atom stereocenters. The number of halogens is 3. The van der Waals surface area contributed by atoms with Gasteiger partial charge in [-0.3, -0.25) is 0 Å². The standard InChI is InChI=1S/C7H5F3OS/c1-11-6(7(8,9)10)5-2-3-12-4-5/h1-4,6H. The molecule has 1 aromatic heterocycles. The minimum atomic E-state index is -4.45. The van der Waals surface area contributed by atoms with E-state index >= 15 is 0 Å². The third kappa shape index (κ3) is 1.98. The lowest BCUT2D eigenvalue weighted by Gasteiger charge is -2.16. The normalized spacial score (nSPS) is 14.7. The van der Waals surface area contributed by atoms with Gasteiger partial charge in [0.25, 0.3) is 0 Å². The van der Waals surface area contributed by atoms with E-state index in [0.717, 1.165) is 11.3 Å². The van der Waals surface area contributed by atoms with Crippen LogP contribution in [0.2, 0.25) is 0 Å². The lowest BCUT2D eigenvalue weighted by atomic mass is 10.2. The first kappa shape index (κ1) is 9.54. The summed E-state index contributed by atoms with van der Waals surface area (Å²) in [6.07, 6.45) is -6.46. The highest BCUT2D eigenvalue weighted by atomic mass is 32.1. The molecular formula is C7H5F3OS. The molecule has 0 aliphatic carbocycles. The summed E-state index contributed by atoms with van der Waals surface area (Å²) >= 11 is 1.16. The summed E-state index contributed by atoms with van der Waals surface area (Å²) in [5.41, 5.74) is 0.0370. The van der Waals surface area contributed by atoms with Crippen LogP contribution in [-0.2, 0) is 4.74 Å². The van der Waals surface area contributed by atoms with Crippen LogP contribution in [0.3, 0.4) is 0 Å². The summed E-state index contributed by atoms with van der Waals surface area (Å²) in [4.78, 5) is 0. The van der Waals surface area contributed by atoms with Gasteiger partial charge in [0.05, 0.1) is 0 Å². The van der Waals surface area contributed by atoms with E-state index in [1.54, 1.807) is 0 Å². The van der Waals surface area contributed by atoms with Crippen molar-refractivity contribution in [3.05, 3.63) is 29.5 Å². The van der Waals surface area contributed by atoms with Crippen molar-refractivity contribution < 1.29 is 17.9 Å². The molecule has 1 aromatic rings. The Labute approximate surface area is 71.8 Å². The van der Waals surface area contributed by atoms with E-state index in [4.69, 9.17) is 0 Å². The smallest absolute Gasteiger partial charge is 0.355 e. The maximum atomic E-state index is 12.1. The maximum absolute atomic E-state index is 12.1. The first-order chi connectivity index (χ1) is 5.55. The van der Waals surface area contributed by atoms with Crippen LogP contribution in [0.15, 0.2) is 16.8 Å². The molecule has 0 fully saturated rings. The molecule has 0 aliphatic heterocycles. The molecule has 0 aromatic carbocycles. The summed E-state index contributed by atoms with van der Waals surface area (Å²) in [6.45, 7) is 0. The molecule has 0 amide bonds. The lowest BCUT2D eigenvalue weighted by Crippen LogP contribution is -2.21. The topological polar surface area (TPSA) is 9.23 Å². The zero-order valence-electron chi connectivity index (χ0n) is 5.84. The predicted octanol–water partition coefficient (Wildman–Crippen LogP) is 3.04. The Morgan fingerprint density at radius 2 is 2.17 bits per heavy atom. The van der Waals surface area contributed by atoms with Gasteiger partial charge in [0.2, 0.25) is 0 Å². The van der Waals surface area contributed by atoms with E-state index < -0.39 is 12.3 Å². The van der Waals surface area contributed by atoms with E-state index in [1.165, 1.54) is 16.8 Å². The van der Waals surface area contributed by atoms with Crippen LogP contribution in [-0.4, -0.2) is 6.18 Å². The minimum absolute atomic E-state index is 0.0370. The van der Waals surface area contributed by atoms with Crippen molar-refractivity contribution >= 4 is 11.3 Å². The van der Waals surface area contributed by atoms with Crippen molar-refractivity contribution in [1.82, 2.24) is 0 Å². The van der Waals surface area contributed by atoms with Gasteiger partial charge < -0.3 is 4.74 Å². The van der Waals surface area contributed by atoms with Crippen LogP contribution in [0.25, 0.3) is 0 Å². The quantitative estimate of drug-likeness (QED) is 0.703. The highest BCUT2D eigenvalue weighted by molar-refractivity contribution is 7.07. The van der Waals surface area contributed by atoms with Crippen LogP contribution in [0.4, 0.5) is 13.2 Å². The van der Waals surface area contributed by atoms with Crippen molar-refractivity contribution in [3.63, 3.8) is 0 Å². The minimum Gasteiger partial charge on any atom is -0.355 e. The molecule has 12 heavy (non-hydrogen) atoms. The van der Waals surface area contributed by atoms with Gasteiger partial charge in [-0.2, -0.15) is 24.5 Å². The highest BCUT2D eigenvalue weighted by Gasteiger charge is 2.41. The molecule has 66 valence electrons. The van der Waals surface area contributed by atoms with Crippen LogP contribution >= 0.6 is 11.3 Å². The van der Waals surface area contributed by atoms with E-state index in [2.05, 4.69) is 11.8 Å². The first-order valence-electron chi connectivity index (χ1n) is 3.00. The fraction of sp³-hybridized carbons (Fsp3) is 0.286. The average molecular weight is 194 g/mol. The van der Waals surface area contributed by atoms with E-state index in [9.17, 15) is 13.2 Å². The molecule has 2 radical (unpaired) electrons. The SMILES string of the molecule is [CH]OC(c1ccsc1)C(F)(F)F. The third-order valence-corrected chi connectivity index (χ3v) is 1.98. The molecule has 0 saturated carbocycles. The number of rotatable bonds is 2. The van der Waals surface area contributed by atoms with Crippen LogP contribution in [0, 0.1) is 7.11 Å². The molecular weight excluding hydrogens is 189 g/mol. The first-order valence-corrected chi connectivity index (χ1v) is 3.94. The van der Waals surface area contributed by atoms with Gasteiger partial charge in [0, 0.05) is 5.56 Å². The number of alkyl halides is 3. The van der Waals surface area contributed by atoms with Crippen LogP contribution < -0.4 is 0 Å². The van der Waals surface area contributed by atoms with Gasteiger partial charge in [-0.05, 0) is 16.8 Å². The number of hydrogen-bond acceptors (Lipinski definition) is 2. The molecule has 0 aliphatic rings. The molecule has 5 heteroatoms. The Kier molecular flexibility index (Phi) is 2.74. The Bertz CT molecular complexity index is 229. The molecule has 0 spiro atoms. The van der Waals surface area contributed by atoms with Crippen molar-refractivity contribution in [2.75, 3.05) is 0 Å². The van der Waals surface area contributed by atoms with Gasteiger partial charge in [-0.25, -0.2) is 0 Å². The van der Waals surface area contributed by atoms with Crippen LogP contribution in [0.5, 0.6) is 0 Å². The van der Waals surface area contributed by atoms with E-state index in [0.29, 0.717) is 0 Å². The monoisotopic (exact) mass is 194 g/mol. The molecule has 1 unspecified atom stereocenters. The van der Waals surface area contributed by atoms with Gasteiger partial charge in [-0.1, -0.05) is 0 Å². The van der Waals surface area contributed by atoms with Gasteiger partial charge in [0.1, 0.15) is 7.11 Å². The number of thiophene rings is 1. The summed E-state index contributed by atoms with van der Waals surface area (Å²) in [5.74, 6) is 0. The summed E-state index contributed by atoms with van der Waals surface area (Å²) < 4.78 is 40.1. The summed E-state index contributed by atoms with van der Waals surface area (Å²) in [6, 6.07) is 1.33. The second-order valence-electron chi connectivity index (χ2n) is 2.11. The lowest BCUT2D eigenvalue weighted by molar-refractivity contribution is -0.209. The Balaban J connectivity index is 2.84. The van der Waals surface area contributed by atoms with Crippen molar-refractivity contribution in [1.29, 1.82) is 0 Å². The number of ether oxygens (including phenoxy) is 1. The zero-order valence-corrected chi connectivity index (χ0v) is 6.65. The van der Waals surface area contributed by atoms with Gasteiger partial charge >= 0.3 is 6.18 Å². The largest absolute Gasteiger partial charge is 0.418 e. The third-order valence-electron chi connectivity index (χ3n) is 1.28. The van der Waals surface area contributed by atoms with Crippen molar-refractivity contribution in [2.45, 2.75) is 12.3 Å². The highest BCUT2D eigenvalue weighted by Crippen LogP contribution is 2.36. The van der Waals surface area contributed by atoms with E-state index in [1.807, 2.05) is 0 Å². The maximum Gasteiger partial charge on any atom is 0.418 e. The predicted molar refractivity (Wildman–Crippen MR) is 38.5 cm³/mol. The molecule has 1 heterocycles. The Morgan fingerprint density at radius 1 is 1.50 bits per heavy atom. The van der Waals surface area contributed by atoms with Crippen LogP contribution in [0.1, 0.15) is 11.7 Å². The molecule has 1 rings (SSSR count). The van der Waals surface area contributed by atoms with E-state index in [-0.39, 0.29) is 5.56 Å². The fourth-order valence-electron chi connectivity index (χ4n) is 0.769. The second kappa shape index (κ2) is 3.45. The molecule has 0 N–H and O–H groups in total. The van der Waals surface area contributed by atoms with Gasteiger partial charge in [-0.15, -0.1) is 0 Å². The average Bonchev–Trinajstić information content (AvgIpc) is 2.38. The second-order valence-corrected chi connectivity index (χ2v) is 2.89. The molecule has 0 bridgehead atoms. The zero-order chi connectivity index (χ0) is 9.19. The Morgan fingerprint density at radius 3 is 2.50 bits per heavy atom. The van der Waals surface area contributed by atoms with Crippen molar-refractivity contribution in [2.24, 2.45) is 0 Å². The molecule has 0 saturated heterocycles. The fourth-order valence-corrected chi connectivity index (χ4v) is 1.44. The molecule has 1 nitrogen and oxygen atoms in total. The Hall–Kier alpha value is -0.550. The number of hydrogen-bond donors (Lipinski definition) is 0. The van der Waals surface area contributed by atoms with Gasteiger partial charge in [0.15, 0.2) is 6.10 Å².